The molecule has 0 saturated carbocycles. The lowest BCUT2D eigenvalue weighted by molar-refractivity contribution is 0.202. The molecule has 2 rings (SSSR count). The second-order valence-corrected chi connectivity index (χ2v) is 3.56. The minimum Gasteiger partial charge on any atom is -0.480 e. The number of aryl methyl sites for hydroxylation is 1. The zero-order valence-electron chi connectivity index (χ0n) is 9.66. The van der Waals surface area contributed by atoms with Crippen LogP contribution >= 0.6 is 0 Å². The van der Waals surface area contributed by atoms with Gasteiger partial charge in [0.25, 0.3) is 0 Å². The molecule has 88 valence electrons. The van der Waals surface area contributed by atoms with Crippen molar-refractivity contribution in [3.63, 3.8) is 0 Å². The van der Waals surface area contributed by atoms with E-state index in [-0.39, 0.29) is 0 Å². The minimum absolute atomic E-state index is 0.309. The molecule has 5 nitrogen and oxygen atoms in total. The Morgan fingerprint density at radius 2 is 2.00 bits per heavy atom. The Hall–Kier alpha value is -2.01. The van der Waals surface area contributed by atoms with Gasteiger partial charge in [0.15, 0.2) is 0 Å². The van der Waals surface area contributed by atoms with Gasteiger partial charge in [0.2, 0.25) is 5.88 Å². The lowest BCUT2D eigenvalue weighted by Gasteiger charge is -2.12. The van der Waals surface area contributed by atoms with Gasteiger partial charge >= 0.3 is 0 Å². The van der Waals surface area contributed by atoms with Gasteiger partial charge in [-0.05, 0) is 19.1 Å². The molecule has 5 heteroatoms. The van der Waals surface area contributed by atoms with E-state index >= 15 is 0 Å². The molecule has 2 heterocycles. The van der Waals surface area contributed by atoms with Crippen LogP contribution in [0.1, 0.15) is 23.2 Å². The Morgan fingerprint density at radius 1 is 1.24 bits per heavy atom. The van der Waals surface area contributed by atoms with Gasteiger partial charge in [0, 0.05) is 18.1 Å². The number of methoxy groups -OCH3 is 1. The van der Waals surface area contributed by atoms with Gasteiger partial charge in [-0.15, -0.1) is 0 Å². The quantitative estimate of drug-likeness (QED) is 0.861. The van der Waals surface area contributed by atoms with E-state index in [1.54, 1.807) is 6.07 Å². The number of aliphatic hydroxyl groups excluding tert-OH is 1. The van der Waals surface area contributed by atoms with Crippen molar-refractivity contribution in [2.75, 3.05) is 7.11 Å². The summed E-state index contributed by atoms with van der Waals surface area (Å²) in [7, 11) is 1.49. The monoisotopic (exact) mass is 231 g/mol. The standard InChI is InChI=1S/C12H13N3O2/c1-8-4-3-5-9(15-8)11(16)10-12(17-2)14-7-6-13-10/h3-7,11,16H,1-2H3. The fraction of sp³-hybridized carbons (Fsp3) is 0.250. The molecule has 0 aliphatic rings. The highest BCUT2D eigenvalue weighted by molar-refractivity contribution is 5.27. The van der Waals surface area contributed by atoms with Crippen molar-refractivity contribution < 1.29 is 9.84 Å². The first-order valence-electron chi connectivity index (χ1n) is 5.19. The average Bonchev–Trinajstić information content (AvgIpc) is 2.38. The molecule has 17 heavy (non-hydrogen) atoms. The van der Waals surface area contributed by atoms with Crippen molar-refractivity contribution in [3.8, 4) is 5.88 Å². The van der Waals surface area contributed by atoms with E-state index in [0.717, 1.165) is 5.69 Å². The second-order valence-electron chi connectivity index (χ2n) is 3.56. The van der Waals surface area contributed by atoms with Gasteiger partial charge in [-0.2, -0.15) is 0 Å². The van der Waals surface area contributed by atoms with Crippen LogP contribution in [0.3, 0.4) is 0 Å². The zero-order chi connectivity index (χ0) is 12.3. The zero-order valence-corrected chi connectivity index (χ0v) is 9.66. The van der Waals surface area contributed by atoms with Crippen LogP contribution in [-0.2, 0) is 0 Å². The van der Waals surface area contributed by atoms with E-state index in [0.29, 0.717) is 17.3 Å². The van der Waals surface area contributed by atoms with Crippen LogP contribution in [0.15, 0.2) is 30.6 Å². The summed E-state index contributed by atoms with van der Waals surface area (Å²) < 4.78 is 5.06. The average molecular weight is 231 g/mol. The van der Waals surface area contributed by atoms with Gasteiger partial charge < -0.3 is 9.84 Å². The van der Waals surface area contributed by atoms with Gasteiger partial charge in [0.05, 0.1) is 12.8 Å². The maximum absolute atomic E-state index is 10.2. The van der Waals surface area contributed by atoms with Crippen molar-refractivity contribution in [3.05, 3.63) is 47.7 Å². The van der Waals surface area contributed by atoms with Crippen LogP contribution in [0.25, 0.3) is 0 Å². The molecule has 0 fully saturated rings. The highest BCUT2D eigenvalue weighted by atomic mass is 16.5. The van der Waals surface area contributed by atoms with Crippen molar-refractivity contribution in [2.45, 2.75) is 13.0 Å². The van der Waals surface area contributed by atoms with Crippen LogP contribution in [0.2, 0.25) is 0 Å². The van der Waals surface area contributed by atoms with Crippen LogP contribution < -0.4 is 4.74 Å². The molecule has 0 aliphatic heterocycles. The fourth-order valence-electron chi connectivity index (χ4n) is 1.54. The number of ether oxygens (including phenoxy) is 1. The topological polar surface area (TPSA) is 68.1 Å². The molecule has 2 aromatic rings. The predicted molar refractivity (Wildman–Crippen MR) is 61.6 cm³/mol. The molecular weight excluding hydrogens is 218 g/mol. The van der Waals surface area contributed by atoms with Crippen molar-refractivity contribution in [2.24, 2.45) is 0 Å². The molecule has 1 unspecified atom stereocenters. The first-order chi connectivity index (χ1) is 8.22. The first kappa shape index (κ1) is 11.5. The summed E-state index contributed by atoms with van der Waals surface area (Å²) in [5, 5.41) is 10.2. The summed E-state index contributed by atoms with van der Waals surface area (Å²) in [6.45, 7) is 1.87. The molecule has 0 radical (unpaired) electrons. The smallest absolute Gasteiger partial charge is 0.238 e. The van der Waals surface area contributed by atoms with Crippen molar-refractivity contribution in [1.29, 1.82) is 0 Å². The Morgan fingerprint density at radius 3 is 2.71 bits per heavy atom. The molecule has 0 saturated heterocycles. The van der Waals surface area contributed by atoms with Crippen molar-refractivity contribution in [1.82, 2.24) is 15.0 Å². The Kier molecular flexibility index (Phi) is 3.30. The first-order valence-corrected chi connectivity index (χ1v) is 5.19. The van der Waals surface area contributed by atoms with Gasteiger partial charge in [-0.25, -0.2) is 4.98 Å². The van der Waals surface area contributed by atoms with E-state index in [1.807, 2.05) is 19.1 Å². The van der Waals surface area contributed by atoms with E-state index < -0.39 is 6.10 Å². The highest BCUT2D eigenvalue weighted by Gasteiger charge is 2.18. The van der Waals surface area contributed by atoms with Crippen LogP contribution in [0.4, 0.5) is 0 Å². The molecule has 0 aliphatic carbocycles. The molecule has 0 spiro atoms. The van der Waals surface area contributed by atoms with Crippen LogP contribution in [-0.4, -0.2) is 27.2 Å². The van der Waals surface area contributed by atoms with Crippen molar-refractivity contribution >= 4 is 0 Å². The number of rotatable bonds is 3. The maximum Gasteiger partial charge on any atom is 0.238 e. The van der Waals surface area contributed by atoms with Gasteiger partial charge in [-0.1, -0.05) is 6.07 Å². The highest BCUT2D eigenvalue weighted by Crippen LogP contribution is 2.24. The lowest BCUT2D eigenvalue weighted by atomic mass is 10.1. The van der Waals surface area contributed by atoms with E-state index in [1.165, 1.54) is 19.5 Å². The minimum atomic E-state index is -0.932. The number of aromatic nitrogens is 3. The summed E-state index contributed by atoms with van der Waals surface area (Å²) >= 11 is 0. The number of pyridine rings is 1. The SMILES string of the molecule is COc1nccnc1C(O)c1cccc(C)n1. The largest absolute Gasteiger partial charge is 0.480 e. The van der Waals surface area contributed by atoms with Crippen LogP contribution in [0.5, 0.6) is 5.88 Å². The molecule has 0 aromatic carbocycles. The molecule has 0 amide bonds. The fourth-order valence-corrected chi connectivity index (χ4v) is 1.54. The summed E-state index contributed by atoms with van der Waals surface area (Å²) in [6.07, 6.45) is 2.09. The van der Waals surface area contributed by atoms with Gasteiger partial charge in [-0.3, -0.25) is 9.97 Å². The van der Waals surface area contributed by atoms with E-state index in [2.05, 4.69) is 15.0 Å². The molecule has 1 N–H and O–H groups in total. The number of hydrogen-bond donors (Lipinski definition) is 1. The Labute approximate surface area is 99.2 Å². The second kappa shape index (κ2) is 4.88. The normalized spacial score (nSPS) is 12.2. The lowest BCUT2D eigenvalue weighted by Crippen LogP contribution is -2.08. The van der Waals surface area contributed by atoms with Gasteiger partial charge in [0.1, 0.15) is 11.8 Å². The maximum atomic E-state index is 10.2. The summed E-state index contributed by atoms with van der Waals surface area (Å²) in [5.74, 6) is 0.309. The third-order valence-corrected chi connectivity index (χ3v) is 2.33. The Balaban J connectivity index is 2.40. The molecule has 1 atom stereocenters. The third-order valence-electron chi connectivity index (χ3n) is 2.33. The summed E-state index contributed by atoms with van der Waals surface area (Å²) in [4.78, 5) is 12.3. The molecule has 0 bridgehead atoms. The third kappa shape index (κ3) is 2.39. The van der Waals surface area contributed by atoms with Crippen LogP contribution in [0, 0.1) is 6.92 Å². The molecule has 2 aromatic heterocycles. The predicted octanol–water partition coefficient (Wildman–Crippen LogP) is 1.27. The number of hydrogen-bond acceptors (Lipinski definition) is 5. The van der Waals surface area contributed by atoms with E-state index in [9.17, 15) is 5.11 Å². The number of aliphatic hydroxyl groups is 1. The Bertz CT molecular complexity index is 517. The summed E-state index contributed by atoms with van der Waals surface area (Å²) in [5.41, 5.74) is 1.74. The van der Waals surface area contributed by atoms with E-state index in [4.69, 9.17) is 4.74 Å². The summed E-state index contributed by atoms with van der Waals surface area (Å²) in [6, 6.07) is 5.44. The molecular formula is C12H13N3O2. The number of nitrogens with zero attached hydrogens (tertiary/aromatic N) is 3.